The molecule has 1 radical (unpaired) electrons. The number of aliphatic hydroxyl groups is 1. The molecule has 39 valence electrons. The third-order valence-electron chi connectivity index (χ3n) is 0.622. The van der Waals surface area contributed by atoms with E-state index in [1.165, 1.54) is 0 Å². The lowest BCUT2D eigenvalue weighted by atomic mass is 10.2. The minimum Gasteiger partial charge on any atom is -0.396 e. The van der Waals surface area contributed by atoms with Gasteiger partial charge in [0.2, 0.25) is 0 Å². The van der Waals surface area contributed by atoms with Gasteiger partial charge in [0.1, 0.15) is 0 Å². The molecule has 0 fully saturated rings. The van der Waals surface area contributed by atoms with Crippen molar-refractivity contribution in [2.75, 3.05) is 6.61 Å². The van der Waals surface area contributed by atoms with Crippen molar-refractivity contribution in [3.05, 3.63) is 6.42 Å². The van der Waals surface area contributed by atoms with Gasteiger partial charge in [0.05, 0.1) is 0 Å². The molecule has 0 aliphatic carbocycles. The van der Waals surface area contributed by atoms with Crippen LogP contribution in [0.1, 0.15) is 12.8 Å². The first kappa shape index (κ1) is 6.52. The predicted octanol–water partition coefficient (Wildman–Crippen LogP) is 0.596. The number of aliphatic hydroxyl groups excluding tert-OH is 1. The third-order valence-corrected chi connectivity index (χ3v) is 0.622. The first-order valence-corrected chi connectivity index (χ1v) is 2.27. The van der Waals surface area contributed by atoms with Gasteiger partial charge in [-0.25, -0.2) is 0 Å². The number of rotatable bonds is 3. The van der Waals surface area contributed by atoms with Crippen molar-refractivity contribution in [2.45, 2.75) is 12.8 Å². The summed E-state index contributed by atoms with van der Waals surface area (Å²) in [7, 11) is 0. The Bertz CT molecular complexity index is 61.1. The molecule has 0 heterocycles. The van der Waals surface area contributed by atoms with Gasteiger partial charge in [-0.1, -0.05) is 0 Å². The highest BCUT2D eigenvalue weighted by Gasteiger charge is 1.79. The van der Waals surface area contributed by atoms with E-state index in [-0.39, 0.29) is 6.61 Å². The summed E-state index contributed by atoms with van der Waals surface area (Å²) in [5.41, 5.74) is 0. The molecular formula is C6H9O. The van der Waals surface area contributed by atoms with E-state index < -0.39 is 0 Å². The summed E-state index contributed by atoms with van der Waals surface area (Å²) >= 11 is 0. The second-order valence-corrected chi connectivity index (χ2v) is 1.21. The number of terminal acetylenes is 1. The van der Waals surface area contributed by atoms with Gasteiger partial charge in [-0.05, 0) is 12.8 Å². The maximum Gasteiger partial charge on any atom is 0.0463 e. The van der Waals surface area contributed by atoms with Gasteiger partial charge >= 0.3 is 0 Å². The zero-order valence-corrected chi connectivity index (χ0v) is 4.22. The van der Waals surface area contributed by atoms with Gasteiger partial charge in [-0.3, -0.25) is 0 Å². The van der Waals surface area contributed by atoms with Crippen LogP contribution >= 0.6 is 0 Å². The molecule has 7 heavy (non-hydrogen) atoms. The predicted molar refractivity (Wildman–Crippen MR) is 29.5 cm³/mol. The van der Waals surface area contributed by atoms with Crippen LogP contribution in [-0.4, -0.2) is 11.7 Å². The zero-order chi connectivity index (χ0) is 5.54. The molecule has 0 bridgehead atoms. The van der Waals surface area contributed by atoms with E-state index in [1.54, 1.807) is 6.42 Å². The minimum absolute atomic E-state index is 0.141. The number of hydrogen-bond donors (Lipinski definition) is 1. The molecule has 0 atom stereocenters. The van der Waals surface area contributed by atoms with Crippen LogP contribution in [0.5, 0.6) is 0 Å². The van der Waals surface area contributed by atoms with E-state index >= 15 is 0 Å². The molecule has 0 saturated carbocycles. The normalized spacial score (nSPS) is 8.00. The lowest BCUT2D eigenvalue weighted by Gasteiger charge is -1.85. The average molecular weight is 97.1 g/mol. The lowest BCUT2D eigenvalue weighted by Crippen LogP contribution is -1.81. The Balaban J connectivity index is 2.60. The molecule has 0 aliphatic heterocycles. The minimum atomic E-state index is 0.141. The molecule has 0 rings (SSSR count). The first-order valence-electron chi connectivity index (χ1n) is 2.27. The van der Waals surface area contributed by atoms with E-state index in [0.29, 0.717) is 0 Å². The van der Waals surface area contributed by atoms with Crippen LogP contribution in [0, 0.1) is 18.8 Å². The van der Waals surface area contributed by atoms with Crippen molar-refractivity contribution >= 4 is 0 Å². The molecule has 0 aliphatic rings. The van der Waals surface area contributed by atoms with Crippen molar-refractivity contribution in [1.29, 1.82) is 0 Å². The summed E-state index contributed by atoms with van der Waals surface area (Å²) in [5, 5.41) is 8.17. The Morgan fingerprint density at radius 2 is 2.43 bits per heavy atom. The molecule has 0 aromatic rings. The Hall–Kier alpha value is -0.480. The summed E-state index contributed by atoms with van der Waals surface area (Å²) in [6.45, 7) is 0.141. The molecule has 0 aromatic heterocycles. The Kier molecular flexibility index (Phi) is 5.14. The maximum absolute atomic E-state index is 8.17. The number of hydrogen-bond acceptors (Lipinski definition) is 1. The summed E-state index contributed by atoms with van der Waals surface area (Å²) in [4.78, 5) is 0. The van der Waals surface area contributed by atoms with E-state index in [0.717, 1.165) is 12.8 Å². The van der Waals surface area contributed by atoms with Crippen molar-refractivity contribution < 1.29 is 5.11 Å². The van der Waals surface area contributed by atoms with E-state index in [1.807, 2.05) is 0 Å². The van der Waals surface area contributed by atoms with Crippen molar-refractivity contribution in [2.24, 2.45) is 0 Å². The van der Waals surface area contributed by atoms with Crippen LogP contribution in [0.3, 0.4) is 0 Å². The standard InChI is InChI=1S/C6H9O/c1-2-3-4-5-6-7/h1,5,7H,3-4,6H2. The summed E-state index contributed by atoms with van der Waals surface area (Å²) in [6, 6.07) is 0. The summed E-state index contributed by atoms with van der Waals surface area (Å²) < 4.78 is 0. The molecule has 0 unspecified atom stereocenters. The zero-order valence-electron chi connectivity index (χ0n) is 4.22. The van der Waals surface area contributed by atoms with Crippen molar-refractivity contribution in [3.8, 4) is 12.3 Å². The highest BCUT2D eigenvalue weighted by atomic mass is 16.2. The highest BCUT2D eigenvalue weighted by molar-refractivity contribution is 4.85. The molecule has 1 heteroatoms. The molecular weight excluding hydrogens is 88.1 g/mol. The van der Waals surface area contributed by atoms with Gasteiger partial charge in [0.25, 0.3) is 0 Å². The van der Waals surface area contributed by atoms with Gasteiger partial charge < -0.3 is 5.11 Å². The molecule has 0 saturated heterocycles. The van der Waals surface area contributed by atoms with E-state index in [2.05, 4.69) is 5.92 Å². The lowest BCUT2D eigenvalue weighted by molar-refractivity contribution is 0.324. The van der Waals surface area contributed by atoms with Gasteiger partial charge in [-0.2, -0.15) is 0 Å². The first-order chi connectivity index (χ1) is 3.41. The third kappa shape index (κ3) is 5.52. The second-order valence-electron chi connectivity index (χ2n) is 1.21. The maximum atomic E-state index is 8.17. The average Bonchev–Trinajstić information content (AvgIpc) is 1.69. The summed E-state index contributed by atoms with van der Waals surface area (Å²) in [5.74, 6) is 2.46. The number of unbranched alkanes of at least 4 members (excludes halogenated alkanes) is 2. The Morgan fingerprint density at radius 1 is 1.71 bits per heavy atom. The molecule has 0 amide bonds. The molecule has 0 aromatic carbocycles. The Labute approximate surface area is 44.4 Å². The molecule has 1 nitrogen and oxygen atoms in total. The smallest absolute Gasteiger partial charge is 0.0463 e. The molecule has 0 spiro atoms. The fraction of sp³-hybridized carbons (Fsp3) is 0.500. The van der Waals surface area contributed by atoms with Crippen LogP contribution < -0.4 is 0 Å². The summed E-state index contributed by atoms with van der Waals surface area (Å²) in [6.07, 6.45) is 8.23. The van der Waals surface area contributed by atoms with Gasteiger partial charge in [0.15, 0.2) is 0 Å². The van der Waals surface area contributed by atoms with Crippen LogP contribution in [0.4, 0.5) is 0 Å². The van der Waals surface area contributed by atoms with Crippen LogP contribution in [0.15, 0.2) is 0 Å². The monoisotopic (exact) mass is 97.1 g/mol. The SMILES string of the molecule is C#CCC[CH]CO. The topological polar surface area (TPSA) is 20.2 Å². The van der Waals surface area contributed by atoms with Crippen LogP contribution in [0.25, 0.3) is 0 Å². The van der Waals surface area contributed by atoms with E-state index in [9.17, 15) is 0 Å². The van der Waals surface area contributed by atoms with Crippen LogP contribution in [-0.2, 0) is 0 Å². The van der Waals surface area contributed by atoms with E-state index in [4.69, 9.17) is 11.5 Å². The van der Waals surface area contributed by atoms with Crippen LogP contribution in [0.2, 0.25) is 0 Å². The van der Waals surface area contributed by atoms with Crippen molar-refractivity contribution in [3.63, 3.8) is 0 Å². The second kappa shape index (κ2) is 5.52. The quantitative estimate of drug-likeness (QED) is 0.404. The highest BCUT2D eigenvalue weighted by Crippen LogP contribution is 1.88. The fourth-order valence-corrected chi connectivity index (χ4v) is 0.277. The van der Waals surface area contributed by atoms with Gasteiger partial charge in [0, 0.05) is 13.0 Å². The largest absolute Gasteiger partial charge is 0.396 e. The Morgan fingerprint density at radius 3 is 2.86 bits per heavy atom. The molecule has 1 N–H and O–H groups in total. The van der Waals surface area contributed by atoms with Crippen molar-refractivity contribution in [1.82, 2.24) is 0 Å². The van der Waals surface area contributed by atoms with Gasteiger partial charge in [-0.15, -0.1) is 12.3 Å². The fourth-order valence-electron chi connectivity index (χ4n) is 0.277.